The van der Waals surface area contributed by atoms with E-state index in [2.05, 4.69) is 30.3 Å². The van der Waals surface area contributed by atoms with Crippen molar-refractivity contribution in [2.24, 2.45) is 5.92 Å². The Hall–Kier alpha value is -0.860. The van der Waals surface area contributed by atoms with Crippen LogP contribution in [-0.4, -0.2) is 19.3 Å². The molecule has 2 fully saturated rings. The zero-order valence-corrected chi connectivity index (χ0v) is 10.2. The molecule has 92 valence electrons. The first-order valence-corrected chi connectivity index (χ1v) is 6.71. The van der Waals surface area contributed by atoms with Crippen molar-refractivity contribution in [1.82, 2.24) is 0 Å². The molecule has 2 aliphatic heterocycles. The van der Waals surface area contributed by atoms with Gasteiger partial charge in [-0.2, -0.15) is 0 Å². The Balaban J connectivity index is 1.57. The molecule has 2 aliphatic rings. The summed E-state index contributed by atoms with van der Waals surface area (Å²) in [6.07, 6.45) is 5.59. The molecule has 3 atom stereocenters. The lowest BCUT2D eigenvalue weighted by Gasteiger charge is -2.32. The van der Waals surface area contributed by atoms with Crippen LogP contribution in [0.3, 0.4) is 0 Å². The predicted octanol–water partition coefficient (Wildman–Crippen LogP) is 3.33. The Morgan fingerprint density at radius 2 is 1.82 bits per heavy atom. The van der Waals surface area contributed by atoms with Gasteiger partial charge in [-0.05, 0) is 31.2 Å². The maximum Gasteiger partial charge on any atom is 0.0825 e. The normalized spacial score (nSPS) is 33.8. The summed E-state index contributed by atoms with van der Waals surface area (Å²) >= 11 is 0. The number of ether oxygens (including phenoxy) is 2. The molecule has 17 heavy (non-hydrogen) atoms. The molecule has 2 saturated heterocycles. The Bertz CT molecular complexity index is 335. The number of hydrogen-bond acceptors (Lipinski definition) is 2. The molecule has 0 spiro atoms. The van der Waals surface area contributed by atoms with Gasteiger partial charge >= 0.3 is 0 Å². The van der Waals surface area contributed by atoms with E-state index in [9.17, 15) is 0 Å². The van der Waals surface area contributed by atoms with Crippen molar-refractivity contribution in [2.45, 2.75) is 37.9 Å². The molecule has 3 unspecified atom stereocenters. The largest absolute Gasteiger partial charge is 0.378 e. The van der Waals surface area contributed by atoms with Gasteiger partial charge in [0.2, 0.25) is 0 Å². The van der Waals surface area contributed by atoms with Gasteiger partial charge in [-0.15, -0.1) is 0 Å². The van der Waals surface area contributed by atoms with Gasteiger partial charge in [-0.3, -0.25) is 0 Å². The average molecular weight is 232 g/mol. The van der Waals surface area contributed by atoms with Crippen LogP contribution in [-0.2, 0) is 9.47 Å². The van der Waals surface area contributed by atoms with Crippen molar-refractivity contribution in [3.63, 3.8) is 0 Å². The summed E-state index contributed by atoms with van der Waals surface area (Å²) in [5, 5.41) is 0. The van der Waals surface area contributed by atoms with E-state index in [4.69, 9.17) is 9.47 Å². The van der Waals surface area contributed by atoms with Gasteiger partial charge in [0.15, 0.2) is 0 Å². The topological polar surface area (TPSA) is 18.5 Å². The quantitative estimate of drug-likeness (QED) is 0.778. The summed E-state index contributed by atoms with van der Waals surface area (Å²) < 4.78 is 11.8. The highest BCUT2D eigenvalue weighted by molar-refractivity contribution is 5.17. The SMILES string of the molecule is c1ccc(C2CCC(C3CCCO3)CO2)cc1. The first-order valence-electron chi connectivity index (χ1n) is 6.71. The molecule has 0 saturated carbocycles. The summed E-state index contributed by atoms with van der Waals surface area (Å²) in [4.78, 5) is 0. The number of benzene rings is 1. The van der Waals surface area contributed by atoms with E-state index in [0.29, 0.717) is 18.1 Å². The first-order chi connectivity index (χ1) is 8.43. The summed E-state index contributed by atoms with van der Waals surface area (Å²) in [5.41, 5.74) is 1.32. The monoisotopic (exact) mass is 232 g/mol. The smallest absolute Gasteiger partial charge is 0.0825 e. The summed E-state index contributed by atoms with van der Waals surface area (Å²) in [5.74, 6) is 0.623. The maximum absolute atomic E-state index is 6.01. The highest BCUT2D eigenvalue weighted by atomic mass is 16.5. The minimum Gasteiger partial charge on any atom is -0.378 e. The fraction of sp³-hybridized carbons (Fsp3) is 0.600. The van der Waals surface area contributed by atoms with Crippen LogP contribution in [0.15, 0.2) is 30.3 Å². The first kappa shape index (κ1) is 11.2. The maximum atomic E-state index is 6.01. The van der Waals surface area contributed by atoms with Crippen LogP contribution in [0.25, 0.3) is 0 Å². The summed E-state index contributed by atoms with van der Waals surface area (Å²) in [6, 6.07) is 10.6. The van der Waals surface area contributed by atoms with E-state index >= 15 is 0 Å². The van der Waals surface area contributed by atoms with Crippen LogP contribution in [0.2, 0.25) is 0 Å². The molecule has 2 heteroatoms. The van der Waals surface area contributed by atoms with Gasteiger partial charge in [0.1, 0.15) is 0 Å². The summed E-state index contributed by atoms with van der Waals surface area (Å²) in [7, 11) is 0. The van der Waals surface area contributed by atoms with Crippen LogP contribution in [0, 0.1) is 5.92 Å². The number of rotatable bonds is 2. The zero-order valence-electron chi connectivity index (χ0n) is 10.2. The minimum absolute atomic E-state index is 0.300. The van der Waals surface area contributed by atoms with E-state index in [1.54, 1.807) is 0 Å². The second-order valence-corrected chi connectivity index (χ2v) is 5.12. The van der Waals surface area contributed by atoms with Gasteiger partial charge < -0.3 is 9.47 Å². The van der Waals surface area contributed by atoms with Crippen molar-refractivity contribution in [1.29, 1.82) is 0 Å². The zero-order chi connectivity index (χ0) is 11.5. The molecule has 1 aromatic carbocycles. The lowest BCUT2D eigenvalue weighted by molar-refractivity contribution is -0.0620. The van der Waals surface area contributed by atoms with Crippen LogP contribution in [0.1, 0.15) is 37.4 Å². The molecule has 0 radical (unpaired) electrons. The van der Waals surface area contributed by atoms with E-state index < -0.39 is 0 Å². The fourth-order valence-electron chi connectivity index (χ4n) is 2.97. The Kier molecular flexibility index (Phi) is 3.44. The van der Waals surface area contributed by atoms with Crippen molar-refractivity contribution in [3.8, 4) is 0 Å². The molecule has 2 nitrogen and oxygen atoms in total. The molecule has 0 aromatic heterocycles. The molecule has 0 N–H and O–H groups in total. The third-order valence-corrected chi connectivity index (χ3v) is 3.97. The van der Waals surface area contributed by atoms with Crippen molar-refractivity contribution in [2.75, 3.05) is 13.2 Å². The lowest BCUT2D eigenvalue weighted by atomic mass is 9.90. The standard InChI is InChI=1S/C15H20O2/c1-2-5-12(6-3-1)15-9-8-13(11-17-15)14-7-4-10-16-14/h1-3,5-6,13-15H,4,7-11H2. The predicted molar refractivity (Wildman–Crippen MR) is 66.8 cm³/mol. The van der Waals surface area contributed by atoms with E-state index in [1.165, 1.54) is 24.8 Å². The van der Waals surface area contributed by atoms with Gasteiger partial charge in [0.25, 0.3) is 0 Å². The Labute approximate surface area is 103 Å². The third kappa shape index (κ3) is 2.53. The highest BCUT2D eigenvalue weighted by Gasteiger charge is 2.31. The number of hydrogen-bond donors (Lipinski definition) is 0. The van der Waals surface area contributed by atoms with E-state index in [1.807, 2.05) is 0 Å². The van der Waals surface area contributed by atoms with Crippen LogP contribution in [0.4, 0.5) is 0 Å². The van der Waals surface area contributed by atoms with Crippen LogP contribution >= 0.6 is 0 Å². The van der Waals surface area contributed by atoms with Gasteiger partial charge in [0.05, 0.1) is 18.8 Å². The van der Waals surface area contributed by atoms with Crippen LogP contribution < -0.4 is 0 Å². The molecular weight excluding hydrogens is 212 g/mol. The molecule has 2 heterocycles. The third-order valence-electron chi connectivity index (χ3n) is 3.97. The van der Waals surface area contributed by atoms with Crippen molar-refractivity contribution < 1.29 is 9.47 Å². The molecular formula is C15H20O2. The van der Waals surface area contributed by atoms with Gasteiger partial charge in [-0.1, -0.05) is 30.3 Å². The molecule has 1 aromatic rings. The van der Waals surface area contributed by atoms with Gasteiger partial charge in [0, 0.05) is 12.5 Å². The fourth-order valence-corrected chi connectivity index (χ4v) is 2.97. The molecule has 0 aliphatic carbocycles. The molecule has 0 amide bonds. The molecule has 0 bridgehead atoms. The van der Waals surface area contributed by atoms with E-state index in [-0.39, 0.29) is 0 Å². The van der Waals surface area contributed by atoms with Crippen molar-refractivity contribution >= 4 is 0 Å². The summed E-state index contributed by atoms with van der Waals surface area (Å²) in [6.45, 7) is 1.81. The molecule has 3 rings (SSSR count). The lowest BCUT2D eigenvalue weighted by Crippen LogP contribution is -2.29. The van der Waals surface area contributed by atoms with E-state index in [0.717, 1.165) is 19.6 Å². The second-order valence-electron chi connectivity index (χ2n) is 5.12. The second kappa shape index (κ2) is 5.19. The van der Waals surface area contributed by atoms with Crippen LogP contribution in [0.5, 0.6) is 0 Å². The van der Waals surface area contributed by atoms with Gasteiger partial charge in [-0.25, -0.2) is 0 Å². The Morgan fingerprint density at radius 1 is 0.941 bits per heavy atom. The highest BCUT2D eigenvalue weighted by Crippen LogP contribution is 2.34. The Morgan fingerprint density at radius 3 is 2.47 bits per heavy atom. The minimum atomic E-state index is 0.300. The average Bonchev–Trinajstić information content (AvgIpc) is 2.94. The van der Waals surface area contributed by atoms with Crippen molar-refractivity contribution in [3.05, 3.63) is 35.9 Å².